The summed E-state index contributed by atoms with van der Waals surface area (Å²) in [5.41, 5.74) is -1.99. The van der Waals surface area contributed by atoms with Gasteiger partial charge in [-0.2, -0.15) is 22.0 Å². The van der Waals surface area contributed by atoms with Crippen molar-refractivity contribution in [1.29, 1.82) is 0 Å². The van der Waals surface area contributed by atoms with Crippen LogP contribution in [0.5, 0.6) is 0 Å². The van der Waals surface area contributed by atoms with E-state index in [4.69, 9.17) is 0 Å². The zero-order valence-electron chi connectivity index (χ0n) is 9.31. The summed E-state index contributed by atoms with van der Waals surface area (Å²) in [5.74, 6) is -0.546. The molecule has 0 amide bonds. The van der Waals surface area contributed by atoms with Crippen LogP contribution in [0.3, 0.4) is 0 Å². The van der Waals surface area contributed by atoms with E-state index in [-0.39, 0.29) is 5.56 Å². The molecule has 1 rings (SSSR count). The fourth-order valence-corrected chi connectivity index (χ4v) is 1.41. The Balaban J connectivity index is 3.24. The van der Waals surface area contributed by atoms with Crippen LogP contribution in [0.1, 0.15) is 24.5 Å². The number of benzene rings is 1. The maximum Gasteiger partial charge on any atom is 0.416 e. The van der Waals surface area contributed by atoms with Gasteiger partial charge in [0.25, 0.3) is 6.08 Å². The molecule has 0 aliphatic heterocycles. The van der Waals surface area contributed by atoms with Crippen molar-refractivity contribution in [1.82, 2.24) is 0 Å². The van der Waals surface area contributed by atoms with E-state index >= 15 is 0 Å². The first-order valence-corrected chi connectivity index (χ1v) is 4.93. The summed E-state index contributed by atoms with van der Waals surface area (Å²) in [7, 11) is 0. The molecule has 0 atom stereocenters. The Bertz CT molecular complexity index is 483. The fourth-order valence-electron chi connectivity index (χ4n) is 1.41. The molecule has 0 N–H and O–H groups in total. The molecule has 0 aliphatic carbocycles. The van der Waals surface area contributed by atoms with Crippen LogP contribution in [0.25, 0.3) is 5.57 Å². The summed E-state index contributed by atoms with van der Waals surface area (Å²) in [6.45, 7) is 1.09. The number of alkyl halides is 3. The largest absolute Gasteiger partial charge is 0.416 e. The highest BCUT2D eigenvalue weighted by atomic mass is 19.4. The summed E-state index contributed by atoms with van der Waals surface area (Å²) in [6.07, 6.45) is -7.35. The number of carbonyl (C=O) groups is 1. The van der Waals surface area contributed by atoms with Crippen LogP contribution >= 0.6 is 0 Å². The Morgan fingerprint density at radius 3 is 2.28 bits per heavy atom. The average molecular weight is 264 g/mol. The molecule has 18 heavy (non-hydrogen) atoms. The molecule has 0 bridgehead atoms. The van der Waals surface area contributed by atoms with Crippen molar-refractivity contribution in [3.05, 3.63) is 41.5 Å². The topological polar surface area (TPSA) is 17.1 Å². The normalized spacial score (nSPS) is 11.2. The predicted octanol–water partition coefficient (Wildman–Crippen LogP) is 4.29. The van der Waals surface area contributed by atoms with Crippen LogP contribution in [0.2, 0.25) is 0 Å². The first kappa shape index (κ1) is 14.3. The standard InChI is InChI=1S/C12H9F5O/c1-7(18)5-10(11(13)14)8-3-2-4-9(6-8)12(15,16)17/h2-4,6H,5H2,1H3. The lowest BCUT2D eigenvalue weighted by molar-refractivity contribution is -0.137. The lowest BCUT2D eigenvalue weighted by Gasteiger charge is -2.10. The summed E-state index contributed by atoms with van der Waals surface area (Å²) in [6, 6.07) is 3.54. The number of Topliss-reactive ketones (excluding diaryl/α,β-unsaturated/α-hetero) is 1. The van der Waals surface area contributed by atoms with Crippen molar-refractivity contribution in [2.45, 2.75) is 19.5 Å². The zero-order valence-corrected chi connectivity index (χ0v) is 9.31. The van der Waals surface area contributed by atoms with Crippen molar-refractivity contribution in [3.8, 4) is 0 Å². The van der Waals surface area contributed by atoms with Crippen molar-refractivity contribution in [2.75, 3.05) is 0 Å². The van der Waals surface area contributed by atoms with Crippen molar-refractivity contribution in [3.63, 3.8) is 0 Å². The minimum absolute atomic E-state index is 0.292. The molecule has 0 heterocycles. The average Bonchev–Trinajstić information content (AvgIpc) is 2.24. The van der Waals surface area contributed by atoms with Gasteiger partial charge >= 0.3 is 6.18 Å². The van der Waals surface area contributed by atoms with Crippen LogP contribution in [-0.2, 0) is 11.0 Å². The second kappa shape index (κ2) is 5.29. The Morgan fingerprint density at radius 2 is 1.83 bits per heavy atom. The SMILES string of the molecule is CC(=O)CC(=C(F)F)c1cccc(C(F)(F)F)c1. The van der Waals surface area contributed by atoms with E-state index in [1.807, 2.05) is 0 Å². The van der Waals surface area contributed by atoms with Crippen LogP contribution in [-0.4, -0.2) is 5.78 Å². The minimum atomic E-state index is -4.61. The van der Waals surface area contributed by atoms with Crippen molar-refractivity contribution >= 4 is 11.4 Å². The Kier molecular flexibility index (Phi) is 4.21. The highest BCUT2D eigenvalue weighted by molar-refractivity contribution is 5.88. The molecule has 6 heteroatoms. The maximum absolute atomic E-state index is 12.6. The van der Waals surface area contributed by atoms with Gasteiger partial charge in [-0.15, -0.1) is 0 Å². The predicted molar refractivity (Wildman–Crippen MR) is 55.9 cm³/mol. The molecule has 0 radical (unpaired) electrons. The molecule has 98 valence electrons. The highest BCUT2D eigenvalue weighted by Gasteiger charge is 2.30. The van der Waals surface area contributed by atoms with E-state index in [0.717, 1.165) is 25.1 Å². The Hall–Kier alpha value is -1.72. The summed E-state index contributed by atoms with van der Waals surface area (Å²) >= 11 is 0. The van der Waals surface area contributed by atoms with Crippen molar-refractivity contribution in [2.24, 2.45) is 0 Å². The van der Waals surface area contributed by atoms with Gasteiger partial charge in [-0.3, -0.25) is 4.79 Å². The number of carbonyl (C=O) groups excluding carboxylic acids is 1. The lowest BCUT2D eigenvalue weighted by atomic mass is 10.00. The lowest BCUT2D eigenvalue weighted by Crippen LogP contribution is -2.05. The second-order valence-corrected chi connectivity index (χ2v) is 3.70. The fraction of sp³-hybridized carbons (Fsp3) is 0.250. The van der Waals surface area contributed by atoms with E-state index in [2.05, 4.69) is 0 Å². The molecule has 0 saturated heterocycles. The number of hydrogen-bond acceptors (Lipinski definition) is 1. The summed E-state index contributed by atoms with van der Waals surface area (Å²) in [4.78, 5) is 10.8. The summed E-state index contributed by atoms with van der Waals surface area (Å²) < 4.78 is 62.5. The van der Waals surface area contributed by atoms with Crippen LogP contribution in [0.15, 0.2) is 30.3 Å². The van der Waals surface area contributed by atoms with Crippen LogP contribution in [0, 0.1) is 0 Å². The third-order valence-corrected chi connectivity index (χ3v) is 2.19. The first-order chi connectivity index (χ1) is 8.21. The Labute approximate surface area is 99.9 Å². The maximum atomic E-state index is 12.6. The molecule has 0 spiro atoms. The Morgan fingerprint density at radius 1 is 1.22 bits per heavy atom. The number of halogens is 5. The molecule has 0 aromatic heterocycles. The first-order valence-electron chi connectivity index (χ1n) is 4.93. The molecule has 1 aromatic rings. The number of ketones is 1. The van der Waals surface area contributed by atoms with Gasteiger partial charge in [0, 0.05) is 12.0 Å². The van der Waals surface area contributed by atoms with Gasteiger partial charge in [-0.25, -0.2) is 0 Å². The van der Waals surface area contributed by atoms with Gasteiger partial charge in [0.05, 0.1) is 5.56 Å². The van der Waals surface area contributed by atoms with Crippen molar-refractivity contribution < 1.29 is 26.7 Å². The van der Waals surface area contributed by atoms with E-state index in [1.165, 1.54) is 0 Å². The zero-order chi connectivity index (χ0) is 13.9. The smallest absolute Gasteiger partial charge is 0.300 e. The highest BCUT2D eigenvalue weighted by Crippen LogP contribution is 2.32. The van der Waals surface area contributed by atoms with E-state index in [0.29, 0.717) is 6.07 Å². The molecule has 0 unspecified atom stereocenters. The van der Waals surface area contributed by atoms with Gasteiger partial charge in [0.1, 0.15) is 5.78 Å². The quantitative estimate of drug-likeness (QED) is 0.744. The molecule has 0 fully saturated rings. The molecular formula is C12H9F5O. The van der Waals surface area contributed by atoms with E-state index < -0.39 is 35.6 Å². The second-order valence-electron chi connectivity index (χ2n) is 3.70. The number of hydrogen-bond donors (Lipinski definition) is 0. The van der Waals surface area contributed by atoms with Gasteiger partial charge < -0.3 is 0 Å². The molecule has 1 nitrogen and oxygen atoms in total. The monoisotopic (exact) mass is 264 g/mol. The minimum Gasteiger partial charge on any atom is -0.300 e. The van der Waals surface area contributed by atoms with Crippen LogP contribution in [0.4, 0.5) is 22.0 Å². The van der Waals surface area contributed by atoms with Gasteiger partial charge in [0.2, 0.25) is 0 Å². The third kappa shape index (κ3) is 3.65. The number of rotatable bonds is 3. The number of allylic oxidation sites excluding steroid dienone is 1. The third-order valence-electron chi connectivity index (χ3n) is 2.19. The van der Waals surface area contributed by atoms with Gasteiger partial charge in [-0.05, 0) is 24.6 Å². The summed E-state index contributed by atoms with van der Waals surface area (Å²) in [5, 5.41) is 0. The molecule has 0 aliphatic rings. The molecule has 1 aromatic carbocycles. The van der Waals surface area contributed by atoms with E-state index in [1.54, 1.807) is 0 Å². The molecule has 0 saturated carbocycles. The molecular weight excluding hydrogens is 255 g/mol. The van der Waals surface area contributed by atoms with Gasteiger partial charge in [-0.1, -0.05) is 12.1 Å². The van der Waals surface area contributed by atoms with E-state index in [9.17, 15) is 26.7 Å². The van der Waals surface area contributed by atoms with Crippen LogP contribution < -0.4 is 0 Å². The van der Waals surface area contributed by atoms with Gasteiger partial charge in [0.15, 0.2) is 0 Å².